The van der Waals surface area contributed by atoms with Gasteiger partial charge in [0.1, 0.15) is 11.5 Å². The molecule has 0 spiro atoms. The number of rotatable bonds is 8. The van der Waals surface area contributed by atoms with Crippen molar-refractivity contribution in [1.29, 1.82) is 0 Å². The molecule has 0 aliphatic carbocycles. The van der Waals surface area contributed by atoms with Crippen LogP contribution in [0.25, 0.3) is 0 Å². The highest BCUT2D eigenvalue weighted by Crippen LogP contribution is 2.27. The van der Waals surface area contributed by atoms with Gasteiger partial charge in [0.05, 0.1) is 18.3 Å². The highest BCUT2D eigenvalue weighted by molar-refractivity contribution is 14.0. The lowest BCUT2D eigenvalue weighted by molar-refractivity contribution is 0.219. The molecule has 2 N–H and O–H groups in total. The number of hydrogen-bond acceptors (Lipinski definition) is 4. The van der Waals surface area contributed by atoms with Crippen LogP contribution in [-0.4, -0.2) is 52.9 Å². The van der Waals surface area contributed by atoms with Gasteiger partial charge in [-0.3, -0.25) is 14.6 Å². The Morgan fingerprint density at radius 3 is 2.48 bits per heavy atom. The lowest BCUT2D eigenvalue weighted by Gasteiger charge is -2.25. The number of hydrogen-bond donors (Lipinski definition) is 2. The molecular formula is C23H39IN6O. The van der Waals surface area contributed by atoms with Crippen LogP contribution in [0.4, 0.5) is 0 Å². The van der Waals surface area contributed by atoms with E-state index < -0.39 is 0 Å². The van der Waals surface area contributed by atoms with Crippen LogP contribution in [0.5, 0.6) is 0 Å². The molecule has 0 bridgehead atoms. The number of guanidine groups is 1. The Morgan fingerprint density at radius 1 is 1.23 bits per heavy atom. The predicted molar refractivity (Wildman–Crippen MR) is 137 cm³/mol. The van der Waals surface area contributed by atoms with Crippen LogP contribution in [0.3, 0.4) is 0 Å². The minimum atomic E-state index is 0. The number of aliphatic imine (C=N–C) groups is 1. The molecule has 7 nitrogen and oxygen atoms in total. The van der Waals surface area contributed by atoms with Gasteiger partial charge in [-0.25, -0.2) is 0 Å². The summed E-state index contributed by atoms with van der Waals surface area (Å²) in [6, 6.07) is 4.59. The summed E-state index contributed by atoms with van der Waals surface area (Å²) in [6.45, 7) is 14.3. The van der Waals surface area contributed by atoms with Crippen molar-refractivity contribution in [2.45, 2.75) is 66.0 Å². The zero-order valence-corrected chi connectivity index (χ0v) is 22.2. The highest BCUT2D eigenvalue weighted by Gasteiger charge is 2.26. The average Bonchev–Trinajstić information content (AvgIpc) is 3.42. The molecule has 0 saturated carbocycles. The second kappa shape index (κ2) is 11.9. The van der Waals surface area contributed by atoms with Gasteiger partial charge in [-0.15, -0.1) is 24.0 Å². The molecule has 174 valence electrons. The van der Waals surface area contributed by atoms with E-state index in [4.69, 9.17) is 9.41 Å². The van der Waals surface area contributed by atoms with Crippen molar-refractivity contribution < 1.29 is 4.42 Å². The fraction of sp³-hybridized carbons (Fsp3) is 0.652. The Morgan fingerprint density at radius 2 is 1.94 bits per heavy atom. The summed E-state index contributed by atoms with van der Waals surface area (Å²) in [4.78, 5) is 7.44. The van der Waals surface area contributed by atoms with Crippen LogP contribution in [0, 0.1) is 20.8 Å². The van der Waals surface area contributed by atoms with E-state index in [-0.39, 0.29) is 36.1 Å². The fourth-order valence-electron chi connectivity index (χ4n) is 4.27. The van der Waals surface area contributed by atoms with Gasteiger partial charge in [-0.05, 0) is 84.7 Å². The standard InChI is InChI=1S/C23H38N6O.HI/c1-7-24-23(26-16(2)14-20-18(4)27-28(6)19(20)5)25-15-21(29-12-8-9-13-29)22-11-10-17(3)30-22;/h10-11,16,21H,7-9,12-15H2,1-6H3,(H2,24,25,26);1H. The van der Waals surface area contributed by atoms with Crippen molar-refractivity contribution in [1.82, 2.24) is 25.3 Å². The summed E-state index contributed by atoms with van der Waals surface area (Å²) in [5, 5.41) is 11.5. The number of halogens is 1. The first-order chi connectivity index (χ1) is 14.4. The third-order valence-electron chi connectivity index (χ3n) is 5.99. The molecule has 1 saturated heterocycles. The summed E-state index contributed by atoms with van der Waals surface area (Å²) in [6.07, 6.45) is 3.42. The third-order valence-corrected chi connectivity index (χ3v) is 5.99. The molecule has 2 aromatic rings. The van der Waals surface area contributed by atoms with Gasteiger partial charge in [0.25, 0.3) is 0 Å². The summed E-state index contributed by atoms with van der Waals surface area (Å²) >= 11 is 0. The molecule has 1 aliphatic heterocycles. The maximum absolute atomic E-state index is 5.98. The number of nitrogens with zero attached hydrogens (tertiary/aromatic N) is 4. The number of nitrogens with one attached hydrogen (secondary N) is 2. The van der Waals surface area contributed by atoms with E-state index in [0.29, 0.717) is 6.54 Å². The van der Waals surface area contributed by atoms with E-state index in [1.165, 1.54) is 24.1 Å². The number of furan rings is 1. The SMILES string of the molecule is CCNC(=NCC(c1ccc(C)o1)N1CCCC1)NC(C)Cc1c(C)nn(C)c1C.I. The molecule has 0 aromatic carbocycles. The molecule has 2 unspecified atom stereocenters. The quantitative estimate of drug-likeness (QED) is 0.301. The topological polar surface area (TPSA) is 70.6 Å². The van der Waals surface area contributed by atoms with Gasteiger partial charge < -0.3 is 15.1 Å². The van der Waals surface area contributed by atoms with E-state index in [2.05, 4.69) is 54.4 Å². The fourth-order valence-corrected chi connectivity index (χ4v) is 4.27. The average molecular weight is 543 g/mol. The Balaban J connectivity index is 0.00000341. The molecule has 2 atom stereocenters. The van der Waals surface area contributed by atoms with Crippen LogP contribution in [-0.2, 0) is 13.5 Å². The second-order valence-electron chi connectivity index (χ2n) is 8.45. The molecule has 0 radical (unpaired) electrons. The van der Waals surface area contributed by atoms with Crippen LogP contribution in [0.15, 0.2) is 21.5 Å². The third kappa shape index (κ3) is 6.71. The molecule has 3 rings (SSSR count). The number of likely N-dealkylation sites (tertiary alicyclic amines) is 1. The molecule has 1 fully saturated rings. The van der Waals surface area contributed by atoms with Crippen LogP contribution >= 0.6 is 24.0 Å². The van der Waals surface area contributed by atoms with E-state index in [1.807, 2.05) is 24.7 Å². The van der Waals surface area contributed by atoms with E-state index >= 15 is 0 Å². The first-order valence-electron chi connectivity index (χ1n) is 11.2. The maximum atomic E-state index is 5.98. The maximum Gasteiger partial charge on any atom is 0.191 e. The monoisotopic (exact) mass is 542 g/mol. The Labute approximate surface area is 204 Å². The highest BCUT2D eigenvalue weighted by atomic mass is 127. The number of aryl methyl sites for hydroxylation is 3. The molecule has 3 heterocycles. The van der Waals surface area contributed by atoms with Gasteiger partial charge >= 0.3 is 0 Å². The zero-order chi connectivity index (χ0) is 21.7. The molecule has 0 amide bonds. The molecule has 31 heavy (non-hydrogen) atoms. The van der Waals surface area contributed by atoms with Crippen molar-refractivity contribution >= 4 is 29.9 Å². The lowest BCUT2D eigenvalue weighted by Crippen LogP contribution is -2.43. The molecule has 2 aromatic heterocycles. The Hall–Kier alpha value is -1.55. The normalized spacial score (nSPS) is 16.8. The zero-order valence-electron chi connectivity index (χ0n) is 19.9. The summed E-state index contributed by atoms with van der Waals surface area (Å²) in [7, 11) is 2.00. The smallest absolute Gasteiger partial charge is 0.191 e. The van der Waals surface area contributed by atoms with Crippen molar-refractivity contribution in [3.63, 3.8) is 0 Å². The van der Waals surface area contributed by atoms with Crippen LogP contribution < -0.4 is 10.6 Å². The van der Waals surface area contributed by atoms with Gasteiger partial charge in [0.2, 0.25) is 0 Å². The van der Waals surface area contributed by atoms with Gasteiger partial charge in [-0.2, -0.15) is 5.10 Å². The van der Waals surface area contributed by atoms with Crippen molar-refractivity contribution in [2.75, 3.05) is 26.2 Å². The van der Waals surface area contributed by atoms with E-state index in [9.17, 15) is 0 Å². The van der Waals surface area contributed by atoms with E-state index in [0.717, 1.165) is 49.2 Å². The Bertz CT molecular complexity index is 852. The largest absolute Gasteiger partial charge is 0.465 e. The van der Waals surface area contributed by atoms with Crippen LogP contribution in [0.1, 0.15) is 61.2 Å². The number of aromatic nitrogens is 2. The summed E-state index contributed by atoms with van der Waals surface area (Å²) in [5.74, 6) is 2.83. The summed E-state index contributed by atoms with van der Waals surface area (Å²) in [5.41, 5.74) is 3.65. The van der Waals surface area contributed by atoms with Crippen LogP contribution in [0.2, 0.25) is 0 Å². The van der Waals surface area contributed by atoms with E-state index in [1.54, 1.807) is 0 Å². The molecule has 1 aliphatic rings. The minimum absolute atomic E-state index is 0. The first-order valence-corrected chi connectivity index (χ1v) is 11.2. The summed E-state index contributed by atoms with van der Waals surface area (Å²) < 4.78 is 7.94. The minimum Gasteiger partial charge on any atom is -0.465 e. The van der Waals surface area contributed by atoms with Crippen molar-refractivity contribution in [3.8, 4) is 0 Å². The van der Waals surface area contributed by atoms with Crippen molar-refractivity contribution in [2.24, 2.45) is 12.0 Å². The Kier molecular flexibility index (Phi) is 9.87. The predicted octanol–water partition coefficient (Wildman–Crippen LogP) is 3.88. The van der Waals surface area contributed by atoms with Gasteiger partial charge in [-0.1, -0.05) is 0 Å². The second-order valence-corrected chi connectivity index (χ2v) is 8.45. The molecule has 8 heteroatoms. The molecular weight excluding hydrogens is 503 g/mol. The van der Waals surface area contributed by atoms with Crippen molar-refractivity contribution in [3.05, 3.63) is 40.6 Å². The first kappa shape index (κ1) is 25.7. The lowest BCUT2D eigenvalue weighted by atomic mass is 10.1. The van der Waals surface area contributed by atoms with Gasteiger partial charge in [0.15, 0.2) is 5.96 Å². The van der Waals surface area contributed by atoms with Gasteiger partial charge in [0, 0.05) is 25.3 Å².